The van der Waals surface area contributed by atoms with Gasteiger partial charge in [-0.1, -0.05) is 23.8 Å². The minimum atomic E-state index is 0.00728. The van der Waals surface area contributed by atoms with Crippen molar-refractivity contribution in [2.75, 3.05) is 19.7 Å². The lowest BCUT2D eigenvalue weighted by Crippen LogP contribution is -2.41. The van der Waals surface area contributed by atoms with E-state index in [1.165, 1.54) is 16.7 Å². The molecule has 0 bridgehead atoms. The van der Waals surface area contributed by atoms with E-state index >= 15 is 0 Å². The topological polar surface area (TPSA) is 50.4 Å². The molecule has 0 aliphatic carbocycles. The zero-order valence-corrected chi connectivity index (χ0v) is 11.7. The summed E-state index contributed by atoms with van der Waals surface area (Å²) in [6.45, 7) is 7.06. The molecule has 0 spiro atoms. The van der Waals surface area contributed by atoms with Gasteiger partial charge < -0.3 is 15.4 Å². The Balaban J connectivity index is 1.79. The zero-order chi connectivity index (χ0) is 13.7. The highest BCUT2D eigenvalue weighted by molar-refractivity contribution is 5.76. The van der Waals surface area contributed by atoms with Gasteiger partial charge in [-0.25, -0.2) is 0 Å². The van der Waals surface area contributed by atoms with Gasteiger partial charge >= 0.3 is 0 Å². The van der Waals surface area contributed by atoms with Crippen LogP contribution in [0.2, 0.25) is 0 Å². The number of carbonyl (C=O) groups is 1. The van der Waals surface area contributed by atoms with Crippen LogP contribution in [0, 0.1) is 13.8 Å². The molecule has 4 heteroatoms. The van der Waals surface area contributed by atoms with E-state index in [0.29, 0.717) is 19.6 Å². The molecular weight excluding hydrogens is 240 g/mol. The smallest absolute Gasteiger partial charge is 0.222 e. The van der Waals surface area contributed by atoms with Gasteiger partial charge in [-0.3, -0.25) is 4.79 Å². The molecule has 1 aromatic rings. The fraction of sp³-hybridized carbons (Fsp3) is 0.533. The molecule has 2 rings (SSSR count). The first kappa shape index (κ1) is 14.0. The third-order valence-corrected chi connectivity index (χ3v) is 3.39. The Morgan fingerprint density at radius 1 is 1.47 bits per heavy atom. The molecule has 19 heavy (non-hydrogen) atoms. The summed E-state index contributed by atoms with van der Waals surface area (Å²) in [5.41, 5.74) is 3.63. The van der Waals surface area contributed by atoms with Crippen LogP contribution in [-0.2, 0) is 16.1 Å². The summed E-state index contributed by atoms with van der Waals surface area (Å²) in [5.74, 6) is 0.0497. The van der Waals surface area contributed by atoms with E-state index in [-0.39, 0.29) is 12.0 Å². The fourth-order valence-electron chi connectivity index (χ4n) is 2.27. The van der Waals surface area contributed by atoms with Crippen LogP contribution in [0.4, 0.5) is 0 Å². The number of rotatable bonds is 4. The Morgan fingerprint density at radius 3 is 3.00 bits per heavy atom. The number of aryl methyl sites for hydroxylation is 2. The number of ether oxygens (including phenoxy) is 1. The average Bonchev–Trinajstić information content (AvgIpc) is 2.39. The molecule has 1 amide bonds. The number of hydrogen-bond acceptors (Lipinski definition) is 3. The molecule has 0 saturated carbocycles. The highest BCUT2D eigenvalue weighted by atomic mass is 16.5. The van der Waals surface area contributed by atoms with Crippen molar-refractivity contribution in [3.63, 3.8) is 0 Å². The van der Waals surface area contributed by atoms with Crippen molar-refractivity contribution in [2.24, 2.45) is 0 Å². The molecular formula is C15H22N2O2. The molecule has 0 radical (unpaired) electrons. The minimum Gasteiger partial charge on any atom is -0.375 e. The van der Waals surface area contributed by atoms with Crippen molar-refractivity contribution < 1.29 is 9.53 Å². The SMILES string of the molecule is Cc1ccc(CNC(=O)CC2CNCCO2)c(C)c1. The fourth-order valence-corrected chi connectivity index (χ4v) is 2.27. The van der Waals surface area contributed by atoms with Gasteiger partial charge in [-0.15, -0.1) is 0 Å². The van der Waals surface area contributed by atoms with Gasteiger partial charge in [0.1, 0.15) is 0 Å². The van der Waals surface area contributed by atoms with Crippen molar-refractivity contribution in [1.29, 1.82) is 0 Å². The van der Waals surface area contributed by atoms with Crippen LogP contribution in [0.25, 0.3) is 0 Å². The highest BCUT2D eigenvalue weighted by Crippen LogP contribution is 2.10. The summed E-state index contributed by atoms with van der Waals surface area (Å²) < 4.78 is 5.52. The Kier molecular flexibility index (Phi) is 4.93. The quantitative estimate of drug-likeness (QED) is 0.860. The first-order valence-corrected chi connectivity index (χ1v) is 6.80. The van der Waals surface area contributed by atoms with E-state index in [2.05, 4.69) is 42.7 Å². The van der Waals surface area contributed by atoms with Crippen LogP contribution in [-0.4, -0.2) is 31.7 Å². The van der Waals surface area contributed by atoms with Gasteiger partial charge in [0.2, 0.25) is 5.91 Å². The molecule has 104 valence electrons. The van der Waals surface area contributed by atoms with E-state index in [9.17, 15) is 4.79 Å². The lowest BCUT2D eigenvalue weighted by molar-refractivity contribution is -0.124. The Hall–Kier alpha value is -1.39. The van der Waals surface area contributed by atoms with Gasteiger partial charge in [0.25, 0.3) is 0 Å². The molecule has 1 saturated heterocycles. The van der Waals surface area contributed by atoms with Gasteiger partial charge in [0.15, 0.2) is 0 Å². The van der Waals surface area contributed by atoms with Crippen LogP contribution in [0.3, 0.4) is 0 Å². The van der Waals surface area contributed by atoms with E-state index in [0.717, 1.165) is 13.1 Å². The van der Waals surface area contributed by atoms with Crippen molar-refractivity contribution in [1.82, 2.24) is 10.6 Å². The first-order valence-electron chi connectivity index (χ1n) is 6.80. The normalized spacial score (nSPS) is 19.2. The average molecular weight is 262 g/mol. The molecule has 1 fully saturated rings. The molecule has 1 aromatic carbocycles. The number of carbonyl (C=O) groups excluding carboxylic acids is 1. The van der Waals surface area contributed by atoms with E-state index < -0.39 is 0 Å². The first-order chi connectivity index (χ1) is 9.15. The maximum Gasteiger partial charge on any atom is 0.222 e. The lowest BCUT2D eigenvalue weighted by atomic mass is 10.1. The summed E-state index contributed by atoms with van der Waals surface area (Å²) in [7, 11) is 0. The van der Waals surface area contributed by atoms with Crippen LogP contribution in [0.15, 0.2) is 18.2 Å². The molecule has 1 aliphatic rings. The largest absolute Gasteiger partial charge is 0.375 e. The monoisotopic (exact) mass is 262 g/mol. The molecule has 1 heterocycles. The molecule has 4 nitrogen and oxygen atoms in total. The maximum absolute atomic E-state index is 11.8. The number of nitrogens with one attached hydrogen (secondary N) is 2. The molecule has 1 aliphatic heterocycles. The van der Waals surface area contributed by atoms with Crippen molar-refractivity contribution in [3.05, 3.63) is 34.9 Å². The van der Waals surface area contributed by atoms with Gasteiger partial charge in [-0.05, 0) is 25.0 Å². The third-order valence-electron chi connectivity index (χ3n) is 3.39. The molecule has 2 N–H and O–H groups in total. The van der Waals surface area contributed by atoms with Crippen LogP contribution < -0.4 is 10.6 Å². The standard InChI is InChI=1S/C15H22N2O2/c1-11-3-4-13(12(2)7-11)9-17-15(18)8-14-10-16-5-6-19-14/h3-4,7,14,16H,5-6,8-10H2,1-2H3,(H,17,18). The van der Waals surface area contributed by atoms with E-state index in [1.807, 2.05) is 0 Å². The van der Waals surface area contributed by atoms with Crippen LogP contribution in [0.5, 0.6) is 0 Å². The number of amides is 1. The van der Waals surface area contributed by atoms with Gasteiger partial charge in [0, 0.05) is 19.6 Å². The predicted octanol–water partition coefficient (Wildman–Crippen LogP) is 1.30. The lowest BCUT2D eigenvalue weighted by Gasteiger charge is -2.23. The summed E-state index contributed by atoms with van der Waals surface area (Å²) >= 11 is 0. The summed E-state index contributed by atoms with van der Waals surface area (Å²) in [4.78, 5) is 11.8. The number of morpholine rings is 1. The predicted molar refractivity (Wildman–Crippen MR) is 75.0 cm³/mol. The Morgan fingerprint density at radius 2 is 2.32 bits per heavy atom. The number of benzene rings is 1. The second kappa shape index (κ2) is 6.68. The third kappa shape index (κ3) is 4.33. The second-order valence-corrected chi connectivity index (χ2v) is 5.11. The van der Waals surface area contributed by atoms with Gasteiger partial charge in [0.05, 0.1) is 19.1 Å². The maximum atomic E-state index is 11.8. The summed E-state index contributed by atoms with van der Waals surface area (Å²) in [5, 5.41) is 6.18. The van der Waals surface area contributed by atoms with Crippen LogP contribution >= 0.6 is 0 Å². The molecule has 1 atom stereocenters. The Bertz CT molecular complexity index is 440. The zero-order valence-electron chi connectivity index (χ0n) is 11.7. The second-order valence-electron chi connectivity index (χ2n) is 5.11. The molecule has 1 unspecified atom stereocenters. The van der Waals surface area contributed by atoms with E-state index in [1.54, 1.807) is 0 Å². The van der Waals surface area contributed by atoms with Crippen molar-refractivity contribution in [2.45, 2.75) is 32.9 Å². The van der Waals surface area contributed by atoms with Crippen LogP contribution in [0.1, 0.15) is 23.1 Å². The number of hydrogen-bond donors (Lipinski definition) is 2. The van der Waals surface area contributed by atoms with E-state index in [4.69, 9.17) is 4.74 Å². The van der Waals surface area contributed by atoms with Crippen molar-refractivity contribution >= 4 is 5.91 Å². The summed E-state index contributed by atoms with van der Waals surface area (Å²) in [6, 6.07) is 6.28. The molecule has 0 aromatic heterocycles. The van der Waals surface area contributed by atoms with Gasteiger partial charge in [-0.2, -0.15) is 0 Å². The summed E-state index contributed by atoms with van der Waals surface area (Å²) in [6.07, 6.45) is 0.436. The van der Waals surface area contributed by atoms with Crippen molar-refractivity contribution in [3.8, 4) is 0 Å². The highest BCUT2D eigenvalue weighted by Gasteiger charge is 2.17. The minimum absolute atomic E-state index is 0.00728. The Labute approximate surface area is 114 Å².